The van der Waals surface area contributed by atoms with Gasteiger partial charge in [-0.1, -0.05) is 11.6 Å². The van der Waals surface area contributed by atoms with E-state index >= 15 is 0 Å². The zero-order chi connectivity index (χ0) is 8.43. The number of aryl methyl sites for hydroxylation is 1. The summed E-state index contributed by atoms with van der Waals surface area (Å²) < 4.78 is 0. The van der Waals surface area contributed by atoms with Crippen LogP contribution < -0.4 is 0 Å². The summed E-state index contributed by atoms with van der Waals surface area (Å²) in [5.74, 6) is -0.00750. The second kappa shape index (κ2) is 3.05. The van der Waals surface area contributed by atoms with Crippen molar-refractivity contribution in [3.8, 4) is 0 Å². The van der Waals surface area contributed by atoms with Crippen LogP contribution in [0.25, 0.3) is 0 Å². The van der Waals surface area contributed by atoms with Gasteiger partial charge in [0.15, 0.2) is 5.78 Å². The molecule has 2 heteroatoms. The molecule has 0 fully saturated rings. The molecule has 11 heavy (non-hydrogen) atoms. The Labute approximate surface area is 71.0 Å². The highest BCUT2D eigenvalue weighted by atomic mass is 35.5. The van der Waals surface area contributed by atoms with Crippen molar-refractivity contribution in [3.63, 3.8) is 0 Å². The summed E-state index contributed by atoms with van der Waals surface area (Å²) in [7, 11) is 0. The van der Waals surface area contributed by atoms with E-state index in [0.717, 1.165) is 5.56 Å². The monoisotopic (exact) mass is 167 g/mol. The molecule has 0 aliphatic carbocycles. The first-order valence-corrected chi connectivity index (χ1v) is 3.68. The van der Waals surface area contributed by atoms with Gasteiger partial charge in [-0.15, -0.1) is 0 Å². The SMILES string of the molecule is CC(=O)c1[c]cc(C)c(Cl)c1. The lowest BCUT2D eigenvalue weighted by Crippen LogP contribution is -1.92. The number of halogens is 1. The van der Waals surface area contributed by atoms with Crippen LogP contribution in [0.3, 0.4) is 0 Å². The van der Waals surface area contributed by atoms with E-state index in [1.165, 1.54) is 6.92 Å². The Bertz CT molecular complexity index is 292. The van der Waals surface area contributed by atoms with Crippen molar-refractivity contribution in [1.29, 1.82) is 0 Å². The number of ketones is 1. The molecule has 0 aromatic heterocycles. The van der Waals surface area contributed by atoms with Gasteiger partial charge in [-0.2, -0.15) is 0 Å². The minimum absolute atomic E-state index is 0.00750. The van der Waals surface area contributed by atoms with E-state index < -0.39 is 0 Å². The molecular formula is C9H8ClO. The van der Waals surface area contributed by atoms with E-state index in [1.54, 1.807) is 12.1 Å². The fraction of sp³-hybridized carbons (Fsp3) is 0.222. The van der Waals surface area contributed by atoms with E-state index in [1.807, 2.05) is 6.92 Å². The lowest BCUT2D eigenvalue weighted by Gasteiger charge is -1.98. The van der Waals surface area contributed by atoms with Crippen molar-refractivity contribution in [1.82, 2.24) is 0 Å². The highest BCUT2D eigenvalue weighted by Gasteiger charge is 2.01. The Morgan fingerprint density at radius 1 is 1.64 bits per heavy atom. The fourth-order valence-electron chi connectivity index (χ4n) is 0.740. The number of Topliss-reactive ketones (excluding diaryl/α,β-unsaturated/α-hetero) is 1. The van der Waals surface area contributed by atoms with E-state index in [2.05, 4.69) is 6.07 Å². The topological polar surface area (TPSA) is 17.1 Å². The molecule has 1 aromatic carbocycles. The zero-order valence-electron chi connectivity index (χ0n) is 6.44. The van der Waals surface area contributed by atoms with Crippen molar-refractivity contribution < 1.29 is 4.79 Å². The van der Waals surface area contributed by atoms with Crippen molar-refractivity contribution in [3.05, 3.63) is 34.3 Å². The normalized spacial score (nSPS) is 9.73. The van der Waals surface area contributed by atoms with Gasteiger partial charge in [0.05, 0.1) is 0 Å². The van der Waals surface area contributed by atoms with E-state index in [0.29, 0.717) is 10.6 Å². The Balaban J connectivity index is 3.15. The quantitative estimate of drug-likeness (QED) is 0.588. The van der Waals surface area contributed by atoms with Gasteiger partial charge < -0.3 is 0 Å². The van der Waals surface area contributed by atoms with Crippen LogP contribution in [-0.2, 0) is 0 Å². The van der Waals surface area contributed by atoms with Gasteiger partial charge in [-0.25, -0.2) is 0 Å². The van der Waals surface area contributed by atoms with Crippen LogP contribution in [0.2, 0.25) is 5.02 Å². The molecule has 0 N–H and O–H groups in total. The minimum Gasteiger partial charge on any atom is -0.294 e. The first kappa shape index (κ1) is 8.28. The van der Waals surface area contributed by atoms with Crippen LogP contribution in [-0.4, -0.2) is 5.78 Å². The molecule has 0 unspecified atom stereocenters. The molecule has 1 radical (unpaired) electrons. The van der Waals surface area contributed by atoms with Crippen LogP contribution >= 0.6 is 11.6 Å². The van der Waals surface area contributed by atoms with Crippen molar-refractivity contribution >= 4 is 17.4 Å². The number of hydrogen-bond acceptors (Lipinski definition) is 1. The lowest BCUT2D eigenvalue weighted by atomic mass is 10.1. The number of hydrogen-bond donors (Lipinski definition) is 0. The lowest BCUT2D eigenvalue weighted by molar-refractivity contribution is 0.101. The molecule has 0 aliphatic heterocycles. The van der Waals surface area contributed by atoms with Crippen molar-refractivity contribution in [2.75, 3.05) is 0 Å². The van der Waals surface area contributed by atoms with Gasteiger partial charge in [0.2, 0.25) is 0 Å². The van der Waals surface area contributed by atoms with Crippen molar-refractivity contribution in [2.45, 2.75) is 13.8 Å². The first-order chi connectivity index (χ1) is 5.11. The van der Waals surface area contributed by atoms with Crippen LogP contribution in [0.1, 0.15) is 22.8 Å². The Morgan fingerprint density at radius 2 is 2.27 bits per heavy atom. The first-order valence-electron chi connectivity index (χ1n) is 3.30. The van der Waals surface area contributed by atoms with Crippen molar-refractivity contribution in [2.24, 2.45) is 0 Å². The molecule has 57 valence electrons. The van der Waals surface area contributed by atoms with E-state index in [-0.39, 0.29) is 5.78 Å². The number of carbonyl (C=O) groups is 1. The summed E-state index contributed by atoms with van der Waals surface area (Å²) in [5, 5.41) is 0.619. The second-order valence-electron chi connectivity index (χ2n) is 2.43. The third kappa shape index (κ3) is 1.81. The third-order valence-electron chi connectivity index (χ3n) is 1.47. The van der Waals surface area contributed by atoms with Crippen LogP contribution in [0.15, 0.2) is 12.1 Å². The predicted molar refractivity (Wildman–Crippen MR) is 45.0 cm³/mol. The molecule has 0 aliphatic rings. The molecule has 0 amide bonds. The minimum atomic E-state index is -0.00750. The average Bonchev–Trinajstić information content (AvgIpc) is 1.94. The van der Waals surface area contributed by atoms with Crippen LogP contribution in [0, 0.1) is 13.0 Å². The molecule has 1 rings (SSSR count). The highest BCUT2D eigenvalue weighted by Crippen LogP contribution is 2.16. The summed E-state index contributed by atoms with van der Waals surface area (Å²) in [6.07, 6.45) is 0. The fourth-order valence-corrected chi connectivity index (χ4v) is 0.904. The maximum absolute atomic E-state index is 10.8. The average molecular weight is 168 g/mol. The van der Waals surface area contributed by atoms with Gasteiger partial charge in [-0.3, -0.25) is 4.79 Å². The Kier molecular flexibility index (Phi) is 2.30. The molecular weight excluding hydrogens is 160 g/mol. The zero-order valence-corrected chi connectivity index (χ0v) is 7.20. The summed E-state index contributed by atoms with van der Waals surface area (Å²) in [5.41, 5.74) is 1.48. The van der Waals surface area contributed by atoms with Crippen LogP contribution in [0.5, 0.6) is 0 Å². The van der Waals surface area contributed by atoms with Gasteiger partial charge in [0.25, 0.3) is 0 Å². The molecule has 0 saturated carbocycles. The smallest absolute Gasteiger partial charge is 0.160 e. The third-order valence-corrected chi connectivity index (χ3v) is 1.88. The standard InChI is InChI=1S/C9H8ClO/c1-6-3-4-8(7(2)11)5-9(6)10/h3,5H,1-2H3. The van der Waals surface area contributed by atoms with E-state index in [9.17, 15) is 4.79 Å². The summed E-state index contributed by atoms with van der Waals surface area (Å²) >= 11 is 5.79. The number of carbonyl (C=O) groups excluding carboxylic acids is 1. The molecule has 0 bridgehead atoms. The Morgan fingerprint density at radius 3 is 2.73 bits per heavy atom. The summed E-state index contributed by atoms with van der Waals surface area (Å²) in [6, 6.07) is 6.20. The molecule has 1 nitrogen and oxygen atoms in total. The van der Waals surface area contributed by atoms with Gasteiger partial charge >= 0.3 is 0 Å². The Hall–Kier alpha value is -0.820. The maximum Gasteiger partial charge on any atom is 0.160 e. The highest BCUT2D eigenvalue weighted by molar-refractivity contribution is 6.31. The van der Waals surface area contributed by atoms with Crippen LogP contribution in [0.4, 0.5) is 0 Å². The summed E-state index contributed by atoms with van der Waals surface area (Å²) in [6.45, 7) is 3.38. The predicted octanol–water partition coefficient (Wildman–Crippen LogP) is 2.65. The van der Waals surface area contributed by atoms with E-state index in [4.69, 9.17) is 11.6 Å². The molecule has 0 heterocycles. The van der Waals surface area contributed by atoms with Gasteiger partial charge in [0.1, 0.15) is 0 Å². The molecule has 0 spiro atoms. The number of rotatable bonds is 1. The molecule has 0 saturated heterocycles. The van der Waals surface area contributed by atoms with Gasteiger partial charge in [0, 0.05) is 10.6 Å². The number of benzene rings is 1. The maximum atomic E-state index is 10.8. The second-order valence-corrected chi connectivity index (χ2v) is 2.84. The molecule has 1 aromatic rings. The summed E-state index contributed by atoms with van der Waals surface area (Å²) in [4.78, 5) is 10.8. The van der Waals surface area contributed by atoms with Gasteiger partial charge in [-0.05, 0) is 37.6 Å². The molecule has 0 atom stereocenters. The largest absolute Gasteiger partial charge is 0.294 e.